The maximum atomic E-state index is 13.8. The highest BCUT2D eigenvalue weighted by Gasteiger charge is 2.54. The van der Waals surface area contributed by atoms with Crippen LogP contribution >= 0.6 is 0 Å². The van der Waals surface area contributed by atoms with E-state index in [1.54, 1.807) is 7.11 Å². The number of nitrogens with zero attached hydrogens (tertiary/aromatic N) is 2. The molecule has 7 rings (SSSR count). The van der Waals surface area contributed by atoms with Crippen LogP contribution in [0, 0.1) is 23.2 Å². The molecule has 1 saturated heterocycles. The van der Waals surface area contributed by atoms with Gasteiger partial charge < -0.3 is 29.9 Å². The molecule has 4 aliphatic carbocycles. The largest absolute Gasteiger partial charge is 0.495 e. The number of ether oxygens (including phenoxy) is 2. The van der Waals surface area contributed by atoms with E-state index < -0.39 is 0 Å². The van der Waals surface area contributed by atoms with Crippen LogP contribution in [-0.2, 0) is 9.53 Å². The van der Waals surface area contributed by atoms with E-state index in [4.69, 9.17) is 9.47 Å². The summed E-state index contributed by atoms with van der Waals surface area (Å²) in [5.74, 6) is 3.03. The third-order valence-electron chi connectivity index (χ3n) is 10.0. The Morgan fingerprint density at radius 2 is 1.55 bits per heavy atom. The van der Waals surface area contributed by atoms with Crippen LogP contribution in [0.2, 0.25) is 0 Å². The Morgan fingerprint density at radius 1 is 0.905 bits per heavy atom. The molecule has 0 aromatic heterocycles. The number of para-hydroxylation sites is 2. The molecule has 0 spiro atoms. The van der Waals surface area contributed by atoms with Gasteiger partial charge in [0.25, 0.3) is 5.91 Å². The predicted molar refractivity (Wildman–Crippen MR) is 167 cm³/mol. The summed E-state index contributed by atoms with van der Waals surface area (Å²) in [6, 6.07) is 14.0. The van der Waals surface area contributed by atoms with E-state index in [9.17, 15) is 9.59 Å². The Morgan fingerprint density at radius 3 is 2.19 bits per heavy atom. The van der Waals surface area contributed by atoms with Crippen LogP contribution in [0.5, 0.6) is 5.75 Å². The van der Waals surface area contributed by atoms with Crippen molar-refractivity contribution in [1.29, 1.82) is 0 Å². The summed E-state index contributed by atoms with van der Waals surface area (Å²) < 4.78 is 11.0. The van der Waals surface area contributed by atoms with Crippen LogP contribution in [-0.4, -0.2) is 64.9 Å². The molecule has 0 unspecified atom stereocenters. The van der Waals surface area contributed by atoms with E-state index in [2.05, 4.69) is 26.5 Å². The van der Waals surface area contributed by atoms with Gasteiger partial charge in [-0.05, 0) is 100.0 Å². The van der Waals surface area contributed by atoms with Gasteiger partial charge in [0.2, 0.25) is 5.91 Å². The molecule has 5 fully saturated rings. The lowest BCUT2D eigenvalue weighted by Crippen LogP contribution is -2.51. The maximum absolute atomic E-state index is 13.8. The number of hydrogen-bond donors (Lipinski definition) is 2. The van der Waals surface area contributed by atoms with Crippen molar-refractivity contribution < 1.29 is 19.1 Å². The topological polar surface area (TPSA) is 83.1 Å². The first-order valence-corrected chi connectivity index (χ1v) is 15.9. The molecule has 1 heterocycles. The second-order valence-corrected chi connectivity index (χ2v) is 12.8. The molecule has 2 aromatic carbocycles. The molecule has 42 heavy (non-hydrogen) atoms. The Labute approximate surface area is 250 Å². The highest BCUT2D eigenvalue weighted by molar-refractivity contribution is 6.03. The number of amides is 2. The van der Waals surface area contributed by atoms with Crippen molar-refractivity contribution in [3.05, 3.63) is 48.0 Å². The number of carbonyl (C=O) groups is 2. The van der Waals surface area contributed by atoms with Crippen molar-refractivity contribution in [1.82, 2.24) is 5.32 Å². The molecule has 2 amide bonds. The first kappa shape index (κ1) is 28.8. The molecule has 1 aliphatic heterocycles. The normalized spacial score (nSPS) is 26.3. The summed E-state index contributed by atoms with van der Waals surface area (Å²) in [5.41, 5.74) is 3.09. The minimum Gasteiger partial charge on any atom is -0.495 e. The van der Waals surface area contributed by atoms with E-state index in [1.807, 2.05) is 43.3 Å². The number of hydrogen-bond acceptors (Lipinski definition) is 6. The van der Waals surface area contributed by atoms with Gasteiger partial charge in [0.1, 0.15) is 5.75 Å². The number of carbonyl (C=O) groups excluding carboxylic acids is 2. The van der Waals surface area contributed by atoms with Crippen LogP contribution in [0.4, 0.5) is 17.1 Å². The first-order chi connectivity index (χ1) is 20.5. The zero-order chi connectivity index (χ0) is 29.1. The summed E-state index contributed by atoms with van der Waals surface area (Å²) in [6.07, 6.45) is 7.73. The van der Waals surface area contributed by atoms with Crippen LogP contribution in [0.25, 0.3) is 0 Å². The lowest BCUT2D eigenvalue weighted by atomic mass is 9.49. The van der Waals surface area contributed by atoms with Crippen LogP contribution in [0.3, 0.4) is 0 Å². The molecule has 4 bridgehead atoms. The highest BCUT2D eigenvalue weighted by Crippen LogP contribution is 2.60. The highest BCUT2D eigenvalue weighted by atomic mass is 16.5. The van der Waals surface area contributed by atoms with E-state index >= 15 is 0 Å². The smallest absolute Gasteiger partial charge is 0.253 e. The molecule has 8 heteroatoms. The third kappa shape index (κ3) is 5.96. The van der Waals surface area contributed by atoms with Crippen molar-refractivity contribution >= 4 is 28.9 Å². The number of nitrogens with one attached hydrogen (secondary N) is 2. The van der Waals surface area contributed by atoms with Crippen molar-refractivity contribution in [2.24, 2.45) is 23.2 Å². The number of benzene rings is 2. The van der Waals surface area contributed by atoms with Crippen molar-refractivity contribution in [3.63, 3.8) is 0 Å². The number of anilines is 3. The van der Waals surface area contributed by atoms with E-state index in [0.29, 0.717) is 48.8 Å². The Hall–Kier alpha value is -3.26. The fourth-order valence-electron chi connectivity index (χ4n) is 8.42. The Balaban J connectivity index is 1.18. The average Bonchev–Trinajstić information content (AvgIpc) is 3.00. The van der Waals surface area contributed by atoms with Gasteiger partial charge in [-0.1, -0.05) is 12.1 Å². The molecule has 2 N–H and O–H groups in total. The lowest BCUT2D eigenvalue weighted by Gasteiger charge is -2.55. The molecule has 2 aromatic rings. The van der Waals surface area contributed by atoms with Crippen LogP contribution in [0.1, 0.15) is 62.2 Å². The molecule has 0 atom stereocenters. The van der Waals surface area contributed by atoms with Gasteiger partial charge in [-0.15, -0.1) is 0 Å². The fraction of sp³-hybridized carbons (Fsp3) is 0.588. The van der Waals surface area contributed by atoms with Gasteiger partial charge in [-0.2, -0.15) is 0 Å². The number of rotatable bonds is 11. The minimum atomic E-state index is -0.232. The maximum Gasteiger partial charge on any atom is 0.253 e. The number of piperazine rings is 1. The standard InChI is InChI=1S/C34H46N4O4/c1-3-42-16-6-11-35-32(39)28-20-27(36-33(40)34-21-24-17-25(22-34)19-26(18-24)23-34)9-10-29(28)37-12-14-38(15-13-37)30-7-4-5-8-31(30)41-2/h4-5,7-10,20,24-26H,3,6,11-19,21-23H2,1-2H3,(H,35,39)(H,36,40). The van der Waals surface area contributed by atoms with E-state index in [1.165, 1.54) is 19.3 Å². The molecule has 8 nitrogen and oxygen atoms in total. The van der Waals surface area contributed by atoms with E-state index in [0.717, 1.165) is 69.0 Å². The summed E-state index contributed by atoms with van der Waals surface area (Å²) in [5, 5.41) is 6.36. The summed E-state index contributed by atoms with van der Waals surface area (Å²) in [6.45, 7) is 7.01. The molecule has 226 valence electrons. The predicted octanol–water partition coefficient (Wildman–Crippen LogP) is 5.33. The van der Waals surface area contributed by atoms with Gasteiger partial charge in [0.15, 0.2) is 0 Å². The quantitative estimate of drug-likeness (QED) is 0.353. The minimum absolute atomic E-state index is 0.112. The molecular formula is C34H46N4O4. The molecular weight excluding hydrogens is 528 g/mol. The number of methoxy groups -OCH3 is 1. The van der Waals surface area contributed by atoms with E-state index in [-0.39, 0.29) is 17.2 Å². The monoisotopic (exact) mass is 574 g/mol. The van der Waals surface area contributed by atoms with Gasteiger partial charge in [0, 0.05) is 57.3 Å². The summed E-state index contributed by atoms with van der Waals surface area (Å²) in [7, 11) is 1.71. The second-order valence-electron chi connectivity index (χ2n) is 12.8. The fourth-order valence-corrected chi connectivity index (χ4v) is 8.42. The molecule has 4 saturated carbocycles. The molecule has 0 radical (unpaired) electrons. The summed E-state index contributed by atoms with van der Waals surface area (Å²) >= 11 is 0. The Bertz CT molecular complexity index is 1240. The van der Waals surface area contributed by atoms with Crippen LogP contribution in [0.15, 0.2) is 42.5 Å². The van der Waals surface area contributed by atoms with Crippen LogP contribution < -0.4 is 25.2 Å². The SMILES string of the molecule is CCOCCCNC(=O)c1cc(NC(=O)C23CC4CC(CC(C4)C2)C3)ccc1N1CCN(c2ccccc2OC)CC1. The zero-order valence-electron chi connectivity index (χ0n) is 25.2. The lowest BCUT2D eigenvalue weighted by molar-refractivity contribution is -0.140. The zero-order valence-corrected chi connectivity index (χ0v) is 25.2. The Kier molecular flexibility index (Phi) is 8.61. The van der Waals surface area contributed by atoms with Gasteiger partial charge in [-0.3, -0.25) is 9.59 Å². The van der Waals surface area contributed by atoms with Gasteiger partial charge in [-0.25, -0.2) is 0 Å². The molecule has 5 aliphatic rings. The van der Waals surface area contributed by atoms with Crippen molar-refractivity contribution in [3.8, 4) is 5.75 Å². The van der Waals surface area contributed by atoms with Crippen molar-refractivity contribution in [2.45, 2.75) is 51.9 Å². The summed E-state index contributed by atoms with van der Waals surface area (Å²) in [4.78, 5) is 31.9. The van der Waals surface area contributed by atoms with Crippen molar-refractivity contribution in [2.75, 3.05) is 68.2 Å². The first-order valence-electron chi connectivity index (χ1n) is 15.9. The third-order valence-corrected chi connectivity index (χ3v) is 10.0. The van der Waals surface area contributed by atoms with Gasteiger partial charge in [0.05, 0.1) is 23.8 Å². The second kappa shape index (κ2) is 12.5. The van der Waals surface area contributed by atoms with Gasteiger partial charge >= 0.3 is 0 Å². The average molecular weight is 575 g/mol.